The average Bonchev–Trinajstić information content (AvgIpc) is 3.52. The summed E-state index contributed by atoms with van der Waals surface area (Å²) >= 11 is 0. The highest BCUT2D eigenvalue weighted by atomic mass is 19.1. The zero-order valence-electron chi connectivity index (χ0n) is 25.3. The largest absolute Gasteiger partial charge is 0.399 e. The highest BCUT2D eigenvalue weighted by molar-refractivity contribution is 5.91. The van der Waals surface area contributed by atoms with Gasteiger partial charge in [-0.1, -0.05) is 61.8 Å². The monoisotopic (exact) mass is 613 g/mol. The number of ether oxygens (including phenoxy) is 2. The molecule has 0 spiro atoms. The Labute approximate surface area is 261 Å². The standard InChI is InChI=1S/C37H37F2NO5/c1-21-13-14-34(2)28(15-21)29(38)17-27-26-18-32-37(31(43)20-41,35(26,3)19-30(42)36(27,34)39)45-33(44-32)24-11-9-22(10-12-24)7-8-23-5-4-6-25(40)16-23/h4-6,9-16,26-27,29-30,32-33,41-42H,1,17-20,40H2,2-3H3/t26-,27-,29-,30-,32+,33+,34-,35-,36-,37+/m0/s1. The number of anilines is 1. The smallest absolute Gasteiger partial charge is 0.193 e. The number of nitrogen functional groups attached to an aromatic ring is 1. The van der Waals surface area contributed by atoms with Gasteiger partial charge >= 0.3 is 0 Å². The summed E-state index contributed by atoms with van der Waals surface area (Å²) < 4.78 is 46.5. The summed E-state index contributed by atoms with van der Waals surface area (Å²) in [6.07, 6.45) is 0.135. The molecule has 5 aliphatic rings. The molecule has 0 amide bonds. The molecule has 234 valence electrons. The van der Waals surface area contributed by atoms with Gasteiger partial charge in [0.15, 0.2) is 23.3 Å². The number of benzene rings is 2. The lowest BCUT2D eigenvalue weighted by Crippen LogP contribution is -2.70. The molecule has 0 radical (unpaired) electrons. The van der Waals surface area contributed by atoms with Crippen LogP contribution in [-0.2, 0) is 14.3 Å². The van der Waals surface area contributed by atoms with Gasteiger partial charge in [0.05, 0.1) is 12.2 Å². The van der Waals surface area contributed by atoms with Crippen LogP contribution in [-0.4, -0.2) is 52.3 Å². The summed E-state index contributed by atoms with van der Waals surface area (Å²) in [5.41, 5.74) is 3.18. The van der Waals surface area contributed by atoms with Gasteiger partial charge in [-0.2, -0.15) is 0 Å². The molecule has 1 aliphatic heterocycles. The van der Waals surface area contributed by atoms with Gasteiger partial charge in [0.1, 0.15) is 12.8 Å². The minimum absolute atomic E-state index is 0.115. The Morgan fingerprint density at radius 3 is 2.56 bits per heavy atom. The topological polar surface area (TPSA) is 102 Å². The van der Waals surface area contributed by atoms with E-state index in [2.05, 4.69) is 18.4 Å². The van der Waals surface area contributed by atoms with Gasteiger partial charge in [0, 0.05) is 39.1 Å². The number of aliphatic hydroxyl groups excluding tert-OH is 2. The Balaban J connectivity index is 1.21. The summed E-state index contributed by atoms with van der Waals surface area (Å²) in [4.78, 5) is 13.7. The summed E-state index contributed by atoms with van der Waals surface area (Å²) in [7, 11) is 0. The molecule has 10 atom stereocenters. The molecule has 8 heteroatoms. The van der Waals surface area contributed by atoms with Crippen LogP contribution in [0.2, 0.25) is 0 Å². The van der Waals surface area contributed by atoms with Gasteiger partial charge in [0.2, 0.25) is 0 Å². The lowest BCUT2D eigenvalue weighted by Gasteiger charge is -2.63. The van der Waals surface area contributed by atoms with Crippen molar-refractivity contribution in [2.45, 2.75) is 69.0 Å². The molecule has 0 unspecified atom stereocenters. The number of allylic oxidation sites excluding steroid dienone is 5. The third-order valence-corrected chi connectivity index (χ3v) is 11.4. The molecule has 0 aromatic heterocycles. The Hall–Kier alpha value is -3.61. The molecule has 45 heavy (non-hydrogen) atoms. The van der Waals surface area contributed by atoms with E-state index in [9.17, 15) is 15.0 Å². The number of nitrogens with two attached hydrogens (primary N) is 1. The Morgan fingerprint density at radius 1 is 1.11 bits per heavy atom. The van der Waals surface area contributed by atoms with Crippen LogP contribution >= 0.6 is 0 Å². The fraction of sp³-hybridized carbons (Fsp3) is 0.432. The van der Waals surface area contributed by atoms with Gasteiger partial charge in [-0.15, -0.1) is 0 Å². The molecule has 1 heterocycles. The summed E-state index contributed by atoms with van der Waals surface area (Å²) in [5.74, 6) is 4.14. The van der Waals surface area contributed by atoms with E-state index < -0.39 is 71.0 Å². The number of hydrogen-bond donors (Lipinski definition) is 3. The zero-order chi connectivity index (χ0) is 31.9. The number of ketones is 1. The fourth-order valence-electron chi connectivity index (χ4n) is 9.27. The Morgan fingerprint density at radius 2 is 1.84 bits per heavy atom. The summed E-state index contributed by atoms with van der Waals surface area (Å²) in [6, 6.07) is 14.6. The number of fused-ring (bicyclic) bond motifs is 7. The van der Waals surface area contributed by atoms with Crippen LogP contribution in [0.1, 0.15) is 56.1 Å². The van der Waals surface area contributed by atoms with Crippen LogP contribution in [0.5, 0.6) is 0 Å². The molecule has 4 fully saturated rings. The maximum Gasteiger partial charge on any atom is 0.193 e. The number of halogens is 2. The fourth-order valence-corrected chi connectivity index (χ4v) is 9.27. The lowest BCUT2D eigenvalue weighted by atomic mass is 9.44. The second kappa shape index (κ2) is 10.2. The van der Waals surface area contributed by atoms with Crippen molar-refractivity contribution in [3.05, 3.63) is 101 Å². The Kier molecular flexibility index (Phi) is 6.81. The molecule has 2 aromatic carbocycles. The van der Waals surface area contributed by atoms with Crippen molar-refractivity contribution >= 4 is 11.5 Å². The molecule has 3 saturated carbocycles. The summed E-state index contributed by atoms with van der Waals surface area (Å²) in [5, 5.41) is 21.9. The first kappa shape index (κ1) is 30.1. The van der Waals surface area contributed by atoms with E-state index in [0.29, 0.717) is 16.8 Å². The van der Waals surface area contributed by atoms with E-state index >= 15 is 8.78 Å². The molecule has 4 aliphatic carbocycles. The Bertz CT molecular complexity index is 1710. The maximum atomic E-state index is 17.6. The lowest BCUT2D eigenvalue weighted by molar-refractivity contribution is -0.235. The van der Waals surface area contributed by atoms with E-state index in [0.717, 1.165) is 11.1 Å². The predicted octanol–water partition coefficient (Wildman–Crippen LogP) is 5.30. The van der Waals surface area contributed by atoms with Gasteiger partial charge in [-0.25, -0.2) is 8.78 Å². The third kappa shape index (κ3) is 4.04. The molecule has 1 saturated heterocycles. The van der Waals surface area contributed by atoms with Crippen molar-refractivity contribution in [1.29, 1.82) is 0 Å². The first-order valence-corrected chi connectivity index (χ1v) is 15.4. The minimum Gasteiger partial charge on any atom is -0.399 e. The number of rotatable bonds is 3. The predicted molar refractivity (Wildman–Crippen MR) is 165 cm³/mol. The number of alkyl halides is 2. The number of carbonyl (C=O) groups excluding carboxylic acids is 1. The van der Waals surface area contributed by atoms with E-state index in [1.54, 1.807) is 56.3 Å². The number of hydrogen-bond acceptors (Lipinski definition) is 6. The molecule has 2 aromatic rings. The van der Waals surface area contributed by atoms with Crippen molar-refractivity contribution in [3.8, 4) is 11.8 Å². The maximum absolute atomic E-state index is 17.6. The second-order valence-electron chi connectivity index (χ2n) is 13.7. The number of aliphatic hydroxyl groups is 2. The van der Waals surface area contributed by atoms with Crippen LogP contribution in [0.3, 0.4) is 0 Å². The van der Waals surface area contributed by atoms with E-state index in [1.165, 1.54) is 0 Å². The molecule has 0 bridgehead atoms. The van der Waals surface area contributed by atoms with E-state index in [-0.39, 0.29) is 24.8 Å². The van der Waals surface area contributed by atoms with Crippen LogP contribution in [0.4, 0.5) is 14.5 Å². The van der Waals surface area contributed by atoms with Crippen molar-refractivity contribution in [3.63, 3.8) is 0 Å². The summed E-state index contributed by atoms with van der Waals surface area (Å²) in [6.45, 7) is 6.53. The van der Waals surface area contributed by atoms with E-state index in [1.807, 2.05) is 24.3 Å². The number of Topliss-reactive ketones (excluding diaryl/α,β-unsaturated/α-hetero) is 1. The molecular formula is C37H37F2NO5. The van der Waals surface area contributed by atoms with Gasteiger partial charge < -0.3 is 25.4 Å². The molecule has 4 N–H and O–H groups in total. The van der Waals surface area contributed by atoms with Crippen molar-refractivity contribution in [2.24, 2.45) is 22.7 Å². The molecular weight excluding hydrogens is 576 g/mol. The zero-order valence-corrected chi connectivity index (χ0v) is 25.3. The van der Waals surface area contributed by atoms with Crippen molar-refractivity contribution in [2.75, 3.05) is 12.3 Å². The normalized spacial score (nSPS) is 41.2. The van der Waals surface area contributed by atoms with Crippen LogP contribution < -0.4 is 5.73 Å². The third-order valence-electron chi connectivity index (χ3n) is 11.4. The first-order valence-electron chi connectivity index (χ1n) is 15.4. The van der Waals surface area contributed by atoms with Crippen LogP contribution in [0.15, 0.2) is 84.5 Å². The molecule has 6 nitrogen and oxygen atoms in total. The van der Waals surface area contributed by atoms with Gasteiger partial charge in [0.25, 0.3) is 0 Å². The van der Waals surface area contributed by atoms with Crippen molar-refractivity contribution in [1.82, 2.24) is 0 Å². The van der Waals surface area contributed by atoms with Gasteiger partial charge in [-0.3, -0.25) is 4.79 Å². The first-order chi connectivity index (χ1) is 21.4. The van der Waals surface area contributed by atoms with Gasteiger partial charge in [-0.05, 0) is 73.6 Å². The minimum atomic E-state index is -2.19. The quantitative estimate of drug-likeness (QED) is 0.321. The van der Waals surface area contributed by atoms with E-state index in [4.69, 9.17) is 15.2 Å². The van der Waals surface area contributed by atoms with Crippen LogP contribution in [0, 0.1) is 34.5 Å². The average molecular weight is 614 g/mol. The highest BCUT2D eigenvalue weighted by Crippen LogP contribution is 2.72. The molecule has 7 rings (SSSR count). The van der Waals surface area contributed by atoms with Crippen molar-refractivity contribution < 1.29 is 33.3 Å². The second-order valence-corrected chi connectivity index (χ2v) is 13.7. The van der Waals surface area contributed by atoms with Crippen LogP contribution in [0.25, 0.3) is 0 Å². The number of carbonyl (C=O) groups is 1. The highest BCUT2D eigenvalue weighted by Gasteiger charge is 2.80. The SMILES string of the molecule is C=C1C=C[C@@]2(C)C(=C1)[C@@H](F)C[C@H]1[C@@H]3C[C@H]4O[C@@H](c5ccc(C#Cc6cccc(N)c6)cc5)O[C@@]4(C(=O)CO)[C@@]3(C)C[C@H](O)[C@@]12F.